The second kappa shape index (κ2) is 4.80. The van der Waals surface area contributed by atoms with Crippen molar-refractivity contribution in [1.82, 2.24) is 4.90 Å². The summed E-state index contributed by atoms with van der Waals surface area (Å²) in [7, 11) is 3.91. The van der Waals surface area contributed by atoms with Crippen LogP contribution in [-0.2, 0) is 6.18 Å². The normalized spacial score (nSPS) is 20.8. The smallest absolute Gasteiger partial charge is 0.369 e. The molecule has 0 spiro atoms. The van der Waals surface area contributed by atoms with E-state index in [1.807, 2.05) is 14.1 Å². The molecular formula is C13H16F3N2. The second-order valence-corrected chi connectivity index (χ2v) is 4.79. The molecule has 0 bridgehead atoms. The lowest BCUT2D eigenvalue weighted by Gasteiger charge is -2.24. The highest BCUT2D eigenvalue weighted by Gasteiger charge is 2.36. The fourth-order valence-corrected chi connectivity index (χ4v) is 2.31. The van der Waals surface area contributed by atoms with Crippen LogP contribution in [0.4, 0.5) is 18.9 Å². The predicted octanol–water partition coefficient (Wildman–Crippen LogP) is 2.65. The van der Waals surface area contributed by atoms with Crippen molar-refractivity contribution < 1.29 is 13.2 Å². The molecule has 1 atom stereocenters. The minimum absolute atomic E-state index is 0.245. The van der Waals surface area contributed by atoms with Crippen molar-refractivity contribution in [2.45, 2.75) is 18.6 Å². The summed E-state index contributed by atoms with van der Waals surface area (Å²) in [6.45, 7) is 1.29. The predicted molar refractivity (Wildman–Crippen MR) is 64.6 cm³/mol. The van der Waals surface area contributed by atoms with Gasteiger partial charge in [-0.25, -0.2) is 0 Å². The number of nitrogens with zero attached hydrogens (tertiary/aromatic N) is 2. The van der Waals surface area contributed by atoms with Crippen molar-refractivity contribution in [3.8, 4) is 0 Å². The summed E-state index contributed by atoms with van der Waals surface area (Å²) in [6.07, 6.45) is -3.42. The molecule has 5 heteroatoms. The van der Waals surface area contributed by atoms with E-state index in [-0.39, 0.29) is 5.69 Å². The van der Waals surface area contributed by atoms with Gasteiger partial charge in [0.05, 0.1) is 5.56 Å². The van der Waals surface area contributed by atoms with Crippen molar-refractivity contribution in [2.24, 2.45) is 0 Å². The molecule has 0 aromatic heterocycles. The number of rotatable bonds is 2. The summed E-state index contributed by atoms with van der Waals surface area (Å²) >= 11 is 0. The van der Waals surface area contributed by atoms with Crippen LogP contribution in [0.15, 0.2) is 18.2 Å². The Bertz CT molecular complexity index is 415. The number of hydrogen-bond donors (Lipinski definition) is 0. The summed E-state index contributed by atoms with van der Waals surface area (Å²) in [6, 6.07) is 6.89. The molecule has 0 aliphatic carbocycles. The molecule has 0 N–H and O–H groups in total. The molecule has 2 nitrogen and oxygen atoms in total. The van der Waals surface area contributed by atoms with Crippen molar-refractivity contribution in [3.63, 3.8) is 0 Å². The van der Waals surface area contributed by atoms with Gasteiger partial charge in [0.2, 0.25) is 0 Å². The number of alkyl halides is 3. The number of anilines is 1. The van der Waals surface area contributed by atoms with E-state index in [0.717, 1.165) is 12.5 Å². The summed E-state index contributed by atoms with van der Waals surface area (Å²) in [5.74, 6) is 0. The van der Waals surface area contributed by atoms with E-state index in [0.29, 0.717) is 19.1 Å². The molecule has 2 rings (SSSR count). The Morgan fingerprint density at radius 3 is 2.67 bits per heavy atom. The third-order valence-electron chi connectivity index (χ3n) is 3.38. The monoisotopic (exact) mass is 257 g/mol. The minimum Gasteiger partial charge on any atom is -0.369 e. The van der Waals surface area contributed by atoms with Crippen LogP contribution in [0, 0.1) is 6.07 Å². The molecule has 1 heterocycles. The highest BCUT2D eigenvalue weighted by Crippen LogP contribution is 2.37. The quantitative estimate of drug-likeness (QED) is 0.803. The lowest BCUT2D eigenvalue weighted by Crippen LogP contribution is -2.32. The first-order valence-corrected chi connectivity index (χ1v) is 5.88. The first-order valence-electron chi connectivity index (χ1n) is 5.88. The Balaban J connectivity index is 2.25. The van der Waals surface area contributed by atoms with Crippen molar-refractivity contribution >= 4 is 5.69 Å². The third kappa shape index (κ3) is 2.61. The van der Waals surface area contributed by atoms with Crippen LogP contribution in [0.1, 0.15) is 12.0 Å². The van der Waals surface area contributed by atoms with Crippen LogP contribution in [0.5, 0.6) is 0 Å². The molecule has 1 fully saturated rings. The fraction of sp³-hybridized carbons (Fsp3) is 0.538. The van der Waals surface area contributed by atoms with Gasteiger partial charge in [-0.1, -0.05) is 6.07 Å². The molecule has 1 radical (unpaired) electrons. The van der Waals surface area contributed by atoms with Crippen LogP contribution in [0.25, 0.3) is 0 Å². The largest absolute Gasteiger partial charge is 0.418 e. The lowest BCUT2D eigenvalue weighted by molar-refractivity contribution is -0.137. The van der Waals surface area contributed by atoms with Crippen LogP contribution < -0.4 is 4.90 Å². The average molecular weight is 257 g/mol. The molecule has 18 heavy (non-hydrogen) atoms. The molecule has 0 saturated carbocycles. The first-order chi connectivity index (χ1) is 8.39. The zero-order valence-electron chi connectivity index (χ0n) is 10.5. The molecular weight excluding hydrogens is 241 g/mol. The van der Waals surface area contributed by atoms with Gasteiger partial charge in [0.15, 0.2) is 0 Å². The first kappa shape index (κ1) is 13.2. The number of likely N-dealkylation sites (N-methyl/N-ethyl adjacent to an activating group) is 1. The van der Waals surface area contributed by atoms with Crippen molar-refractivity contribution in [1.29, 1.82) is 0 Å². The van der Waals surface area contributed by atoms with Gasteiger partial charge in [-0.3, -0.25) is 0 Å². The standard InChI is InChI=1S/C13H16F3N2/c1-17(2)10-7-8-18(9-10)12-6-4-3-5-11(12)13(14,15)16/h3,5-6,10H,7-9H2,1-2H3. The van der Waals surface area contributed by atoms with E-state index in [1.165, 1.54) is 12.1 Å². The van der Waals surface area contributed by atoms with Crippen LogP contribution >= 0.6 is 0 Å². The molecule has 1 aliphatic rings. The highest BCUT2D eigenvalue weighted by atomic mass is 19.4. The Labute approximate surface area is 105 Å². The van der Waals surface area contributed by atoms with Gasteiger partial charge in [-0.05, 0) is 38.7 Å². The van der Waals surface area contributed by atoms with E-state index >= 15 is 0 Å². The fourth-order valence-electron chi connectivity index (χ4n) is 2.31. The highest BCUT2D eigenvalue weighted by molar-refractivity contribution is 5.55. The van der Waals surface area contributed by atoms with Crippen LogP contribution in [0.2, 0.25) is 0 Å². The van der Waals surface area contributed by atoms with Gasteiger partial charge in [0.1, 0.15) is 0 Å². The Hall–Kier alpha value is -1.23. The van der Waals surface area contributed by atoms with E-state index in [4.69, 9.17) is 0 Å². The molecule has 99 valence electrons. The van der Waals surface area contributed by atoms with Gasteiger partial charge in [0, 0.05) is 24.8 Å². The van der Waals surface area contributed by atoms with Gasteiger partial charge < -0.3 is 9.80 Å². The Morgan fingerprint density at radius 2 is 2.11 bits per heavy atom. The zero-order valence-corrected chi connectivity index (χ0v) is 10.5. The zero-order chi connectivity index (χ0) is 13.3. The molecule has 1 unspecified atom stereocenters. The Morgan fingerprint density at radius 1 is 1.39 bits per heavy atom. The minimum atomic E-state index is -4.30. The summed E-state index contributed by atoms with van der Waals surface area (Å²) < 4.78 is 38.7. The van der Waals surface area contributed by atoms with Crippen LogP contribution in [-0.4, -0.2) is 38.1 Å². The van der Waals surface area contributed by atoms with Crippen molar-refractivity contribution in [3.05, 3.63) is 29.8 Å². The summed E-state index contributed by atoms with van der Waals surface area (Å²) in [5.41, 5.74) is -0.324. The molecule has 1 aromatic carbocycles. The molecule has 1 saturated heterocycles. The van der Waals surface area contributed by atoms with E-state index < -0.39 is 11.7 Å². The molecule has 0 amide bonds. The second-order valence-electron chi connectivity index (χ2n) is 4.79. The van der Waals surface area contributed by atoms with E-state index in [1.54, 1.807) is 4.90 Å². The lowest BCUT2D eigenvalue weighted by atomic mass is 10.1. The van der Waals surface area contributed by atoms with Gasteiger partial charge in [-0.15, -0.1) is 0 Å². The van der Waals surface area contributed by atoms with Gasteiger partial charge in [-0.2, -0.15) is 13.2 Å². The number of halogens is 3. The topological polar surface area (TPSA) is 6.48 Å². The maximum absolute atomic E-state index is 12.9. The third-order valence-corrected chi connectivity index (χ3v) is 3.38. The maximum Gasteiger partial charge on any atom is 0.418 e. The summed E-state index contributed by atoms with van der Waals surface area (Å²) in [4.78, 5) is 3.85. The average Bonchev–Trinajstić information content (AvgIpc) is 2.77. The molecule has 1 aliphatic heterocycles. The van der Waals surface area contributed by atoms with E-state index in [9.17, 15) is 13.2 Å². The van der Waals surface area contributed by atoms with Gasteiger partial charge >= 0.3 is 6.18 Å². The maximum atomic E-state index is 12.9. The Kier molecular flexibility index (Phi) is 3.52. The number of hydrogen-bond acceptors (Lipinski definition) is 2. The van der Waals surface area contributed by atoms with Crippen LogP contribution in [0.3, 0.4) is 0 Å². The molecule has 1 aromatic rings. The van der Waals surface area contributed by atoms with Crippen molar-refractivity contribution in [2.75, 3.05) is 32.1 Å². The van der Waals surface area contributed by atoms with E-state index in [2.05, 4.69) is 11.0 Å². The SMILES string of the molecule is CN(C)C1CCN(c2c[c]ccc2C(F)(F)F)C1. The summed E-state index contributed by atoms with van der Waals surface area (Å²) in [5, 5.41) is 0. The number of benzene rings is 1. The van der Waals surface area contributed by atoms with Gasteiger partial charge in [0.25, 0.3) is 0 Å².